The van der Waals surface area contributed by atoms with Crippen molar-refractivity contribution in [3.8, 4) is 33.8 Å². The molecule has 0 heterocycles. The number of fused-ring (bicyclic) bond motifs is 6. The first-order valence-electron chi connectivity index (χ1n) is 15.5. The summed E-state index contributed by atoms with van der Waals surface area (Å²) in [6, 6.07) is 38.4. The molecule has 0 radical (unpaired) electrons. The number of rotatable bonds is 8. The molecule has 0 unspecified atom stereocenters. The van der Waals surface area contributed by atoms with E-state index in [4.69, 9.17) is 0 Å². The van der Waals surface area contributed by atoms with Crippen LogP contribution >= 0.6 is 0 Å². The van der Waals surface area contributed by atoms with Crippen molar-refractivity contribution in [2.24, 2.45) is 0 Å². The van der Waals surface area contributed by atoms with Crippen LogP contribution in [0.2, 0.25) is 0 Å². The molecule has 2 aliphatic rings. The van der Waals surface area contributed by atoms with Crippen LogP contribution in [0.4, 0.5) is 0 Å². The lowest BCUT2D eigenvalue weighted by atomic mass is 9.66. The number of phenols is 2. The smallest absolute Gasteiger partial charge is 0.115 e. The molecule has 0 fully saturated rings. The van der Waals surface area contributed by atoms with Gasteiger partial charge < -0.3 is 10.2 Å². The van der Waals surface area contributed by atoms with Crippen LogP contribution in [0.15, 0.2) is 109 Å². The molecule has 2 heteroatoms. The first-order valence-corrected chi connectivity index (χ1v) is 15.5. The number of benzene rings is 5. The summed E-state index contributed by atoms with van der Waals surface area (Å²) in [6.07, 6.45) is 7.10. The Morgan fingerprint density at radius 3 is 1.48 bits per heavy atom. The van der Waals surface area contributed by atoms with Crippen LogP contribution in [0, 0.1) is 0 Å². The van der Waals surface area contributed by atoms with Crippen LogP contribution in [-0.4, -0.2) is 10.2 Å². The highest BCUT2D eigenvalue weighted by atomic mass is 16.3. The molecule has 5 aromatic rings. The van der Waals surface area contributed by atoms with Gasteiger partial charge >= 0.3 is 0 Å². The maximum atomic E-state index is 10.3. The van der Waals surface area contributed by atoms with Crippen molar-refractivity contribution in [2.75, 3.05) is 0 Å². The third-order valence-corrected chi connectivity index (χ3v) is 9.95. The average Bonchev–Trinajstić information content (AvgIpc) is 3.46. The predicted octanol–water partition coefficient (Wildman–Crippen LogP) is 10.1. The van der Waals surface area contributed by atoms with E-state index in [-0.39, 0.29) is 16.9 Å². The minimum atomic E-state index is -0.588. The monoisotopic (exact) mass is 550 g/mol. The largest absolute Gasteiger partial charge is 0.508 e. The second-order valence-corrected chi connectivity index (χ2v) is 12.2. The highest BCUT2D eigenvalue weighted by Gasteiger charge is 2.49. The molecule has 0 amide bonds. The molecule has 0 bridgehead atoms. The fourth-order valence-electron chi connectivity index (χ4n) is 8.05. The summed E-state index contributed by atoms with van der Waals surface area (Å²) in [5.74, 6) is 0.510. The van der Waals surface area contributed by atoms with Gasteiger partial charge in [0.15, 0.2) is 0 Å². The summed E-state index contributed by atoms with van der Waals surface area (Å²) in [4.78, 5) is 0. The van der Waals surface area contributed by atoms with Crippen LogP contribution in [0.25, 0.3) is 22.3 Å². The molecular formula is C40H38O2. The van der Waals surface area contributed by atoms with Gasteiger partial charge in [-0.05, 0) is 105 Å². The Bertz CT molecular complexity index is 1710. The van der Waals surface area contributed by atoms with E-state index in [1.807, 2.05) is 0 Å². The Hall–Kier alpha value is -4.30. The van der Waals surface area contributed by atoms with Crippen LogP contribution in [0.3, 0.4) is 0 Å². The minimum Gasteiger partial charge on any atom is -0.508 e. The molecule has 5 aromatic carbocycles. The first-order chi connectivity index (χ1) is 20.5. The van der Waals surface area contributed by atoms with E-state index in [2.05, 4.69) is 98.8 Å². The van der Waals surface area contributed by atoms with Crippen molar-refractivity contribution in [1.82, 2.24) is 0 Å². The maximum absolute atomic E-state index is 10.3. The molecule has 0 saturated carbocycles. The number of hydrogen-bond donors (Lipinski definition) is 2. The van der Waals surface area contributed by atoms with E-state index in [9.17, 15) is 10.2 Å². The van der Waals surface area contributed by atoms with Gasteiger partial charge in [0.2, 0.25) is 0 Å². The van der Waals surface area contributed by atoms with Gasteiger partial charge in [0.1, 0.15) is 11.5 Å². The fraction of sp³-hybridized carbons (Fsp3) is 0.250. The summed E-state index contributed by atoms with van der Waals surface area (Å²) in [5.41, 5.74) is 12.4. The van der Waals surface area contributed by atoms with Crippen LogP contribution in [0.5, 0.6) is 11.5 Å². The van der Waals surface area contributed by atoms with Crippen LogP contribution < -0.4 is 0 Å². The molecule has 0 atom stereocenters. The molecule has 7 rings (SSSR count). The SMILES string of the molecule is CCCCC1(CCCC)c2ccccc2-c2cc3c(cc21)-c1ccccc1C3(c1ccc(O)cc1)c1ccc(O)cc1. The Morgan fingerprint density at radius 2 is 0.929 bits per heavy atom. The Balaban J connectivity index is 1.59. The lowest BCUT2D eigenvalue weighted by Gasteiger charge is -2.35. The van der Waals surface area contributed by atoms with Crippen molar-refractivity contribution in [3.63, 3.8) is 0 Å². The van der Waals surface area contributed by atoms with Crippen LogP contribution in [-0.2, 0) is 10.8 Å². The lowest BCUT2D eigenvalue weighted by Crippen LogP contribution is -2.29. The van der Waals surface area contributed by atoms with Gasteiger partial charge in [-0.1, -0.05) is 112 Å². The van der Waals surface area contributed by atoms with E-state index < -0.39 is 5.41 Å². The third kappa shape index (κ3) is 3.71. The number of hydrogen-bond acceptors (Lipinski definition) is 2. The third-order valence-electron chi connectivity index (χ3n) is 9.95. The normalized spacial score (nSPS) is 15.1. The van der Waals surface area contributed by atoms with Crippen molar-refractivity contribution in [3.05, 3.63) is 143 Å². The molecule has 0 spiro atoms. The summed E-state index contributed by atoms with van der Waals surface area (Å²) in [6.45, 7) is 4.61. The van der Waals surface area contributed by atoms with Gasteiger partial charge in [-0.2, -0.15) is 0 Å². The van der Waals surface area contributed by atoms with E-state index in [0.29, 0.717) is 0 Å². The van der Waals surface area contributed by atoms with E-state index in [1.54, 1.807) is 24.3 Å². The van der Waals surface area contributed by atoms with E-state index in [0.717, 1.165) is 24.0 Å². The molecule has 2 N–H and O–H groups in total. The molecule has 0 aromatic heterocycles. The summed E-state index contributed by atoms with van der Waals surface area (Å²) >= 11 is 0. The van der Waals surface area contributed by atoms with Crippen molar-refractivity contribution in [2.45, 2.75) is 63.2 Å². The summed E-state index contributed by atoms with van der Waals surface area (Å²) in [5, 5.41) is 20.6. The van der Waals surface area contributed by atoms with Crippen LogP contribution in [0.1, 0.15) is 85.8 Å². The number of aromatic hydroxyl groups is 2. The molecule has 2 aliphatic carbocycles. The fourth-order valence-corrected chi connectivity index (χ4v) is 8.05. The van der Waals surface area contributed by atoms with Gasteiger partial charge in [-0.25, -0.2) is 0 Å². The molecule has 42 heavy (non-hydrogen) atoms. The van der Waals surface area contributed by atoms with Gasteiger partial charge in [0.25, 0.3) is 0 Å². The molecule has 2 nitrogen and oxygen atoms in total. The van der Waals surface area contributed by atoms with Gasteiger partial charge in [0, 0.05) is 5.41 Å². The Morgan fingerprint density at radius 1 is 0.476 bits per heavy atom. The summed E-state index contributed by atoms with van der Waals surface area (Å²) in [7, 11) is 0. The lowest BCUT2D eigenvalue weighted by molar-refractivity contribution is 0.414. The summed E-state index contributed by atoms with van der Waals surface area (Å²) < 4.78 is 0. The molecule has 210 valence electrons. The van der Waals surface area contributed by atoms with Gasteiger partial charge in [-0.3, -0.25) is 0 Å². The zero-order chi connectivity index (χ0) is 28.9. The second kappa shape index (κ2) is 10.2. The topological polar surface area (TPSA) is 40.5 Å². The molecule has 0 saturated heterocycles. The quantitative estimate of drug-likeness (QED) is 0.198. The standard InChI is InChI=1S/C40H38O2/c1-3-5-23-39(24-6-4-2)35-13-9-7-11-31(35)33-26-38-34(25-37(33)39)32-12-8-10-14-36(32)40(38,27-15-19-29(41)20-16-27)28-17-21-30(42)22-18-28/h7-22,25-26,41-42H,3-6,23-24H2,1-2H3. The van der Waals surface area contributed by atoms with E-state index >= 15 is 0 Å². The zero-order valence-corrected chi connectivity index (χ0v) is 24.5. The Kier molecular flexibility index (Phi) is 6.46. The highest BCUT2D eigenvalue weighted by Crippen LogP contribution is 2.61. The second-order valence-electron chi connectivity index (χ2n) is 12.2. The minimum absolute atomic E-state index is 0.0181. The number of phenolic OH excluding ortho intramolecular Hbond substituents is 2. The van der Waals surface area contributed by atoms with Crippen molar-refractivity contribution < 1.29 is 10.2 Å². The van der Waals surface area contributed by atoms with Crippen molar-refractivity contribution in [1.29, 1.82) is 0 Å². The Labute approximate surface area is 249 Å². The zero-order valence-electron chi connectivity index (χ0n) is 24.5. The molecular weight excluding hydrogens is 512 g/mol. The van der Waals surface area contributed by atoms with Gasteiger partial charge in [-0.15, -0.1) is 0 Å². The average molecular weight is 551 g/mol. The number of unbranched alkanes of at least 4 members (excludes halogenated alkanes) is 2. The predicted molar refractivity (Wildman–Crippen MR) is 172 cm³/mol. The molecule has 0 aliphatic heterocycles. The van der Waals surface area contributed by atoms with Gasteiger partial charge in [0.05, 0.1) is 5.41 Å². The highest BCUT2D eigenvalue weighted by molar-refractivity contribution is 5.92. The van der Waals surface area contributed by atoms with E-state index in [1.165, 1.54) is 70.2 Å². The maximum Gasteiger partial charge on any atom is 0.115 e. The first kappa shape index (κ1) is 26.6. The van der Waals surface area contributed by atoms with Crippen molar-refractivity contribution >= 4 is 0 Å².